The SMILES string of the molecule is C#CC(OC(C)=O)c1ccc(F)cc1.CC(C)(C)CNc1c(C#N)cnc2c(Cl)cc(N)cc12.Cc1ccccc1[C@H](Cc1cc(Cl)c2ncc(C#N)c(NCC(C)(C)C)c2c1)c1cn(C2CC2)nn1.c1ccc([C@H]2OC(c3cccc(C4=N[C@@H](c5ccccc5)[C@@H](c5ccccc5)O4)n3)=N[C@H]2c2ccccc2)cc1. The molecular formula is C90H84Cl2FN13O4. The van der Waals surface area contributed by atoms with Crippen molar-refractivity contribution < 1.29 is 23.4 Å². The lowest BCUT2D eigenvalue weighted by atomic mass is 9.86. The average Bonchev–Trinajstić information content (AvgIpc) is 1.03. The van der Waals surface area contributed by atoms with Crippen molar-refractivity contribution >= 4 is 79.8 Å². The Bertz CT molecular complexity index is 5320. The summed E-state index contributed by atoms with van der Waals surface area (Å²) in [7, 11) is 0. The Morgan fingerprint density at radius 3 is 1.58 bits per heavy atom. The summed E-state index contributed by atoms with van der Waals surface area (Å²) in [6, 6.07) is 72.9. The average molecular weight is 1500 g/mol. The number of halogens is 3. The normalized spacial score (nSPS) is 16.2. The second-order valence-electron chi connectivity index (χ2n) is 29.6. The van der Waals surface area contributed by atoms with E-state index in [1.165, 1.54) is 48.5 Å². The molecular weight excluding hydrogens is 1420 g/mol. The number of hydrogen-bond acceptors (Lipinski definition) is 16. The largest absolute Gasteiger partial charge is 0.465 e. The molecule has 0 spiro atoms. The van der Waals surface area contributed by atoms with Crippen molar-refractivity contribution in [3.8, 4) is 24.5 Å². The van der Waals surface area contributed by atoms with Crippen LogP contribution in [-0.2, 0) is 25.4 Å². The number of carbonyl (C=O) groups excluding carboxylic acids is 1. The zero-order valence-electron chi connectivity index (χ0n) is 62.4. The lowest BCUT2D eigenvalue weighted by Crippen LogP contribution is -2.19. The number of rotatable bonds is 17. The minimum Gasteiger partial charge on any atom is -0.465 e. The molecule has 0 amide bonds. The molecule has 6 atom stereocenters. The van der Waals surface area contributed by atoms with Crippen molar-refractivity contribution in [1.29, 1.82) is 10.5 Å². The third-order valence-corrected chi connectivity index (χ3v) is 19.0. The van der Waals surface area contributed by atoms with Gasteiger partial charge in [-0.2, -0.15) is 10.5 Å². The highest BCUT2D eigenvalue weighted by molar-refractivity contribution is 6.36. The fraction of sp³-hybridized carbons (Fsp3) is 0.244. The summed E-state index contributed by atoms with van der Waals surface area (Å²) < 4.78 is 32.4. The van der Waals surface area contributed by atoms with E-state index in [-0.39, 0.29) is 46.9 Å². The Morgan fingerprint density at radius 2 is 1.12 bits per heavy atom. The molecule has 12 aromatic rings. The highest BCUT2D eigenvalue weighted by Gasteiger charge is 2.38. The van der Waals surface area contributed by atoms with Crippen LogP contribution in [0.15, 0.2) is 241 Å². The van der Waals surface area contributed by atoms with Gasteiger partial charge in [0.25, 0.3) is 0 Å². The van der Waals surface area contributed by atoms with E-state index in [2.05, 4.69) is 182 Å². The van der Waals surface area contributed by atoms with Gasteiger partial charge in [0.05, 0.1) is 55.3 Å². The summed E-state index contributed by atoms with van der Waals surface area (Å²) in [6.07, 6.45) is 12.2. The van der Waals surface area contributed by atoms with Crippen LogP contribution in [-0.4, -0.2) is 60.8 Å². The number of nitrogens with one attached hydrogen (secondary N) is 2. The Hall–Kier alpha value is -12.3. The fourth-order valence-corrected chi connectivity index (χ4v) is 13.4. The summed E-state index contributed by atoms with van der Waals surface area (Å²) in [4.78, 5) is 34.4. The molecule has 2 aliphatic heterocycles. The second-order valence-corrected chi connectivity index (χ2v) is 30.4. The molecule has 1 saturated carbocycles. The van der Waals surface area contributed by atoms with Gasteiger partial charge in [0, 0.05) is 66.5 Å². The first-order valence-electron chi connectivity index (χ1n) is 36.3. The van der Waals surface area contributed by atoms with Crippen LogP contribution in [0.1, 0.15) is 176 Å². The van der Waals surface area contributed by atoms with E-state index in [0.717, 1.165) is 81.6 Å². The zero-order valence-corrected chi connectivity index (χ0v) is 63.9. The first-order valence-corrected chi connectivity index (χ1v) is 37.1. The first-order chi connectivity index (χ1) is 53.0. The number of anilines is 3. The standard InChI is InChI=1S/C35H27N3O2.C29H31ClN6.C15H17ClN4.C11H9FO2/c1-5-14-24(15-6-1)30-32(26-18-9-3-10-19-26)39-34(37-30)28-22-13-23-29(36-28)35-38-31(25-16-7-2-8-17-25)33(40-35)27-20-11-4-12-21-27;1-18-7-5-6-8-22(18)23(26-16-36(35-34-26)21-9-10-21)11-19-12-24-27(33-17-29(2,3)4)20(14-31)15-32-28(24)25(30)13-19;1-15(2,3)8-20-13-9(6-17)7-19-14-11(13)4-10(18)5-12(14)16;1-3-11(14-8(2)13)9-4-6-10(12)7-5-9/h1-23,30-33H;5-8,12-13,15-16,21,23H,9-11,17H2,1-4H3,(H,32,33);4-5,7H,8,18H2,1-3H3,(H,19,20);1,4-7,11H,2H3/t30-,31-,32+,33+;23-;;/m00../s1. The number of esters is 1. The minimum atomic E-state index is -0.743. The van der Waals surface area contributed by atoms with E-state index in [9.17, 15) is 19.7 Å². The molecule has 8 aromatic carbocycles. The molecule has 17 nitrogen and oxygen atoms in total. The Balaban J connectivity index is 0.000000147. The third-order valence-electron chi connectivity index (χ3n) is 18.5. The number of hydrogen-bond donors (Lipinski definition) is 3. The van der Waals surface area contributed by atoms with Gasteiger partial charge in [-0.25, -0.2) is 24.0 Å². The van der Waals surface area contributed by atoms with Gasteiger partial charge < -0.3 is 30.6 Å². The summed E-state index contributed by atoms with van der Waals surface area (Å²) in [5, 5.41) is 37.6. The molecule has 1 unspecified atom stereocenters. The highest BCUT2D eigenvalue weighted by Crippen LogP contribution is 2.44. The number of benzene rings is 8. The van der Waals surface area contributed by atoms with Crippen molar-refractivity contribution in [2.24, 2.45) is 20.8 Å². The van der Waals surface area contributed by atoms with E-state index in [1.54, 1.807) is 18.3 Å². The molecule has 1 fully saturated rings. The Morgan fingerprint density at radius 1 is 0.645 bits per heavy atom. The van der Waals surface area contributed by atoms with Crippen molar-refractivity contribution in [1.82, 2.24) is 29.9 Å². The van der Waals surface area contributed by atoms with Gasteiger partial charge in [-0.15, -0.1) is 11.5 Å². The number of nitriles is 2. The van der Waals surface area contributed by atoms with Gasteiger partial charge in [-0.3, -0.25) is 14.8 Å². The van der Waals surface area contributed by atoms with Crippen molar-refractivity contribution in [2.75, 3.05) is 29.5 Å². The molecule has 0 radical (unpaired) electrons. The lowest BCUT2D eigenvalue weighted by Gasteiger charge is -2.22. The molecule has 4 N–H and O–H groups in total. The maximum atomic E-state index is 12.6. The second kappa shape index (κ2) is 34.7. The maximum Gasteiger partial charge on any atom is 0.304 e. The third kappa shape index (κ3) is 19.3. The summed E-state index contributed by atoms with van der Waals surface area (Å²) >= 11 is 12.9. The zero-order chi connectivity index (χ0) is 77.6. The monoisotopic (exact) mass is 1500 g/mol. The number of carbonyl (C=O) groups is 1. The van der Waals surface area contributed by atoms with Gasteiger partial charge in [0.2, 0.25) is 11.8 Å². The Kier molecular flexibility index (Phi) is 24.4. The number of nitrogens with two attached hydrogens (primary N) is 1. The number of ether oxygens (including phenoxy) is 3. The van der Waals surface area contributed by atoms with Crippen LogP contribution < -0.4 is 16.4 Å². The summed E-state index contributed by atoms with van der Waals surface area (Å²) in [5.74, 6) is 2.55. The maximum absolute atomic E-state index is 12.6. The number of terminal acetylenes is 1. The van der Waals surface area contributed by atoms with Crippen molar-refractivity contribution in [2.45, 2.75) is 117 Å². The van der Waals surface area contributed by atoms with E-state index in [4.69, 9.17) is 64.5 Å². The smallest absolute Gasteiger partial charge is 0.304 e. The van der Waals surface area contributed by atoms with Gasteiger partial charge >= 0.3 is 5.97 Å². The van der Waals surface area contributed by atoms with Crippen LogP contribution in [0.5, 0.6) is 0 Å². The molecule has 0 bridgehead atoms. The van der Waals surface area contributed by atoms with Gasteiger partial charge in [0.1, 0.15) is 41.4 Å². The first kappa shape index (κ1) is 77.3. The molecule has 110 heavy (non-hydrogen) atoms. The molecule has 4 aromatic heterocycles. The van der Waals surface area contributed by atoms with E-state index in [1.807, 2.05) is 102 Å². The van der Waals surface area contributed by atoms with Crippen LogP contribution in [0, 0.1) is 58.6 Å². The number of fused-ring (bicyclic) bond motifs is 2. The van der Waals surface area contributed by atoms with Crippen LogP contribution in [0.2, 0.25) is 10.0 Å². The van der Waals surface area contributed by atoms with E-state index in [0.29, 0.717) is 79.1 Å². The minimum absolute atomic E-state index is 0.0327. The quantitative estimate of drug-likeness (QED) is 0.0437. The number of aliphatic imine (C=N–C) groups is 2. The summed E-state index contributed by atoms with van der Waals surface area (Å²) in [5.41, 5.74) is 21.1. The van der Waals surface area contributed by atoms with E-state index >= 15 is 0 Å². The predicted molar refractivity (Wildman–Crippen MR) is 434 cm³/mol. The lowest BCUT2D eigenvalue weighted by molar-refractivity contribution is -0.144. The number of nitrogen functional groups attached to an aromatic ring is 1. The fourth-order valence-electron chi connectivity index (χ4n) is 12.9. The molecule has 1 aliphatic carbocycles. The van der Waals surface area contributed by atoms with Crippen LogP contribution in [0.25, 0.3) is 21.8 Å². The van der Waals surface area contributed by atoms with Crippen LogP contribution in [0.4, 0.5) is 21.5 Å². The van der Waals surface area contributed by atoms with E-state index < -0.39 is 12.1 Å². The van der Waals surface area contributed by atoms with Crippen LogP contribution >= 0.6 is 23.2 Å². The number of nitrogens with zero attached hydrogens (tertiary/aromatic N) is 10. The highest BCUT2D eigenvalue weighted by atomic mass is 35.5. The number of aromatic nitrogens is 6. The number of aryl methyl sites for hydroxylation is 1. The topological polar surface area (TPSA) is 237 Å². The van der Waals surface area contributed by atoms with Crippen molar-refractivity contribution in [3.05, 3.63) is 319 Å². The number of pyridine rings is 3. The predicted octanol–water partition coefficient (Wildman–Crippen LogP) is 20.3. The molecule has 15 rings (SSSR count). The Labute approximate surface area is 651 Å². The molecule has 0 saturated heterocycles. The van der Waals surface area contributed by atoms with Gasteiger partial charge in [-0.05, 0) is 124 Å². The van der Waals surface area contributed by atoms with Crippen molar-refractivity contribution in [3.63, 3.8) is 0 Å². The molecule has 554 valence electrons. The van der Waals surface area contributed by atoms with Crippen LogP contribution in [0.3, 0.4) is 0 Å². The molecule has 20 heteroatoms. The molecule has 6 heterocycles. The van der Waals surface area contributed by atoms with Gasteiger partial charge in [-0.1, -0.05) is 240 Å². The van der Waals surface area contributed by atoms with Gasteiger partial charge in [0.15, 0.2) is 18.3 Å². The summed E-state index contributed by atoms with van der Waals surface area (Å²) in [6.45, 7) is 17.7. The molecule has 3 aliphatic rings.